The Balaban J connectivity index is 3.40. The minimum atomic E-state index is -4.60. The van der Waals surface area contributed by atoms with Gasteiger partial charge in [-0.1, -0.05) is 0 Å². The Bertz CT molecular complexity index is 416. The van der Waals surface area contributed by atoms with Crippen molar-refractivity contribution in [1.82, 2.24) is 0 Å². The predicted molar refractivity (Wildman–Crippen MR) is 37.8 cm³/mol. The zero-order chi connectivity index (χ0) is 11.8. The van der Waals surface area contributed by atoms with Gasteiger partial charge in [0.05, 0.1) is 5.56 Å². The number of hydrogen-bond donors (Lipinski definition) is 1. The summed E-state index contributed by atoms with van der Waals surface area (Å²) >= 11 is 0. The molecule has 0 aliphatic carbocycles. The van der Waals surface area contributed by atoms with Gasteiger partial charge in [-0.25, -0.2) is 18.0 Å². The lowest BCUT2D eigenvalue weighted by molar-refractivity contribution is -0.166. The van der Waals surface area contributed by atoms with E-state index in [1.807, 2.05) is 0 Å². The fourth-order valence-electron chi connectivity index (χ4n) is 0.884. The number of benzene rings is 1. The number of halogens is 5. The molecule has 0 bridgehead atoms. The minimum absolute atomic E-state index is 0.182. The molecule has 0 saturated heterocycles. The van der Waals surface area contributed by atoms with Crippen LogP contribution < -0.4 is 0 Å². The second-order valence-electron chi connectivity index (χ2n) is 2.60. The molecule has 0 aromatic heterocycles. The molecule has 0 unspecified atom stereocenters. The van der Waals surface area contributed by atoms with Crippen molar-refractivity contribution in [2.75, 3.05) is 0 Å². The molecule has 1 N–H and O–H groups in total. The van der Waals surface area contributed by atoms with Crippen LogP contribution in [0.3, 0.4) is 0 Å². The summed E-state index contributed by atoms with van der Waals surface area (Å²) in [5.41, 5.74) is -1.71. The lowest BCUT2D eigenvalue weighted by Crippen LogP contribution is -2.27. The predicted octanol–water partition coefficient (Wildman–Crippen LogP) is 2.28. The Labute approximate surface area is 79.9 Å². The molecule has 0 fully saturated rings. The molecule has 0 spiro atoms. The topological polar surface area (TPSA) is 37.3 Å². The molecule has 2 nitrogen and oxygen atoms in total. The van der Waals surface area contributed by atoms with E-state index >= 15 is 0 Å². The monoisotopic (exact) mass is 226 g/mol. The Hall–Kier alpha value is -1.66. The first kappa shape index (κ1) is 11.4. The zero-order valence-corrected chi connectivity index (χ0v) is 6.90. The highest BCUT2D eigenvalue weighted by molar-refractivity contribution is 5.77. The Morgan fingerprint density at radius 1 is 1.13 bits per heavy atom. The number of hydrogen-bond acceptors (Lipinski definition) is 1. The van der Waals surface area contributed by atoms with Gasteiger partial charge in [0.25, 0.3) is 0 Å². The molecule has 0 aliphatic heterocycles. The maximum atomic E-state index is 12.8. The number of carboxylic acid groups (broad SMARTS) is 1. The van der Waals surface area contributed by atoms with Gasteiger partial charge in [-0.05, 0) is 12.1 Å². The summed E-state index contributed by atoms with van der Waals surface area (Å²) < 4.78 is 63.1. The highest BCUT2D eigenvalue weighted by Gasteiger charge is 2.44. The molecule has 15 heavy (non-hydrogen) atoms. The Kier molecular flexibility index (Phi) is 2.65. The lowest BCUT2D eigenvalue weighted by atomic mass is 10.1. The van der Waals surface area contributed by atoms with E-state index < -0.39 is 34.9 Å². The van der Waals surface area contributed by atoms with Gasteiger partial charge in [-0.2, -0.15) is 8.78 Å². The molecular weight excluding hydrogens is 223 g/mol. The van der Waals surface area contributed by atoms with Crippen LogP contribution in [0.4, 0.5) is 22.0 Å². The van der Waals surface area contributed by atoms with Crippen LogP contribution in [0.15, 0.2) is 12.1 Å². The first-order valence-corrected chi connectivity index (χ1v) is 3.53. The molecule has 0 radical (unpaired) electrons. The van der Waals surface area contributed by atoms with Crippen molar-refractivity contribution in [2.45, 2.75) is 5.92 Å². The number of carbonyl (C=O) groups is 1. The smallest absolute Gasteiger partial charge is 0.379 e. The van der Waals surface area contributed by atoms with E-state index in [9.17, 15) is 26.7 Å². The average molecular weight is 226 g/mol. The van der Waals surface area contributed by atoms with E-state index in [2.05, 4.69) is 0 Å². The molecule has 1 aromatic carbocycles. The van der Waals surface area contributed by atoms with Crippen molar-refractivity contribution >= 4 is 5.97 Å². The van der Waals surface area contributed by atoms with E-state index in [4.69, 9.17) is 5.11 Å². The third kappa shape index (κ3) is 1.77. The van der Waals surface area contributed by atoms with Gasteiger partial charge in [0.2, 0.25) is 0 Å². The molecule has 0 saturated carbocycles. The molecular formula is C8H3F5O2. The maximum Gasteiger partial charge on any atom is 0.379 e. The zero-order valence-electron chi connectivity index (χ0n) is 6.90. The van der Waals surface area contributed by atoms with Crippen LogP contribution in [0.2, 0.25) is 0 Å². The third-order valence-electron chi connectivity index (χ3n) is 1.64. The van der Waals surface area contributed by atoms with Crippen molar-refractivity contribution in [2.24, 2.45) is 0 Å². The van der Waals surface area contributed by atoms with Crippen molar-refractivity contribution in [3.63, 3.8) is 0 Å². The maximum absolute atomic E-state index is 12.8. The fourth-order valence-corrected chi connectivity index (χ4v) is 0.884. The van der Waals surface area contributed by atoms with Gasteiger partial charge in [-0.15, -0.1) is 0 Å². The SMILES string of the molecule is O=C(O)C(F)(F)c1ccc(F)c(F)c1F. The van der Waals surface area contributed by atoms with Crippen molar-refractivity contribution in [3.05, 3.63) is 35.1 Å². The molecule has 82 valence electrons. The second-order valence-corrected chi connectivity index (χ2v) is 2.60. The number of alkyl halides is 2. The molecule has 0 heterocycles. The summed E-state index contributed by atoms with van der Waals surface area (Å²) in [5, 5.41) is 8.05. The van der Waals surface area contributed by atoms with Crippen LogP contribution in [0.5, 0.6) is 0 Å². The molecule has 0 amide bonds. The number of aliphatic carboxylic acids is 1. The van der Waals surface area contributed by atoms with Gasteiger partial charge in [0.1, 0.15) is 0 Å². The molecule has 0 atom stereocenters. The van der Waals surface area contributed by atoms with E-state index in [1.54, 1.807) is 0 Å². The van der Waals surface area contributed by atoms with Crippen LogP contribution in [0.25, 0.3) is 0 Å². The summed E-state index contributed by atoms with van der Waals surface area (Å²) in [6.45, 7) is 0. The van der Waals surface area contributed by atoms with Gasteiger partial charge in [-0.3, -0.25) is 0 Å². The second kappa shape index (κ2) is 3.48. The van der Waals surface area contributed by atoms with Gasteiger partial charge < -0.3 is 5.11 Å². The van der Waals surface area contributed by atoms with Crippen LogP contribution >= 0.6 is 0 Å². The standard InChI is InChI=1S/C8H3F5O2/c9-4-2-1-3(5(10)6(4)11)8(12,13)7(14)15/h1-2H,(H,14,15). The van der Waals surface area contributed by atoms with E-state index in [0.29, 0.717) is 0 Å². The summed E-state index contributed by atoms with van der Waals surface area (Å²) in [7, 11) is 0. The molecule has 0 aliphatic rings. The number of rotatable bonds is 2. The fraction of sp³-hybridized carbons (Fsp3) is 0.125. The Morgan fingerprint density at radius 2 is 1.67 bits per heavy atom. The van der Waals surface area contributed by atoms with Crippen molar-refractivity contribution in [1.29, 1.82) is 0 Å². The van der Waals surface area contributed by atoms with Crippen LogP contribution in [-0.4, -0.2) is 11.1 Å². The summed E-state index contributed by atoms with van der Waals surface area (Å²) in [6.07, 6.45) is 0. The van der Waals surface area contributed by atoms with Gasteiger partial charge >= 0.3 is 11.9 Å². The average Bonchev–Trinajstić information content (AvgIpc) is 2.13. The van der Waals surface area contributed by atoms with Crippen molar-refractivity contribution < 1.29 is 31.9 Å². The largest absolute Gasteiger partial charge is 0.477 e. The summed E-state index contributed by atoms with van der Waals surface area (Å²) in [6, 6.07) is 0.409. The third-order valence-corrected chi connectivity index (χ3v) is 1.64. The normalized spacial score (nSPS) is 11.5. The molecule has 1 rings (SSSR count). The highest BCUT2D eigenvalue weighted by atomic mass is 19.3. The number of carboxylic acids is 1. The lowest BCUT2D eigenvalue weighted by Gasteiger charge is -2.12. The van der Waals surface area contributed by atoms with Crippen LogP contribution in [-0.2, 0) is 10.7 Å². The highest BCUT2D eigenvalue weighted by Crippen LogP contribution is 2.31. The molecule has 1 aromatic rings. The van der Waals surface area contributed by atoms with Crippen LogP contribution in [0.1, 0.15) is 5.56 Å². The van der Waals surface area contributed by atoms with Gasteiger partial charge in [0.15, 0.2) is 17.5 Å². The summed E-state index contributed by atoms with van der Waals surface area (Å²) in [4.78, 5) is 10.0. The Morgan fingerprint density at radius 3 is 2.13 bits per heavy atom. The first-order valence-electron chi connectivity index (χ1n) is 3.53. The van der Waals surface area contributed by atoms with E-state index in [1.165, 1.54) is 0 Å². The van der Waals surface area contributed by atoms with E-state index in [-0.39, 0.29) is 12.1 Å². The quantitative estimate of drug-likeness (QED) is 0.620. The minimum Gasteiger partial charge on any atom is -0.477 e. The summed E-state index contributed by atoms with van der Waals surface area (Å²) in [5.74, 6) is -13.3. The van der Waals surface area contributed by atoms with Crippen molar-refractivity contribution in [3.8, 4) is 0 Å². The first-order chi connectivity index (χ1) is 6.78. The van der Waals surface area contributed by atoms with Gasteiger partial charge in [0, 0.05) is 0 Å². The molecule has 7 heteroatoms. The van der Waals surface area contributed by atoms with E-state index in [0.717, 1.165) is 0 Å². The van der Waals surface area contributed by atoms with Crippen LogP contribution in [0, 0.1) is 17.5 Å².